The minimum atomic E-state index is -3.36. The molecule has 0 spiro atoms. The number of sulfonamides is 1. The number of likely N-dealkylation sites (N-methyl/N-ethyl adjacent to an activating group) is 1. The van der Waals surface area contributed by atoms with Gasteiger partial charge in [0.05, 0.1) is 11.9 Å². The van der Waals surface area contributed by atoms with Gasteiger partial charge in [0.1, 0.15) is 0 Å². The Hall–Kier alpha value is -1.60. The second-order valence-corrected chi connectivity index (χ2v) is 6.26. The predicted molar refractivity (Wildman–Crippen MR) is 80.5 cm³/mol. The summed E-state index contributed by atoms with van der Waals surface area (Å²) in [5, 5.41) is 5.86. The molecular formula is C13H21N3O3S. The van der Waals surface area contributed by atoms with Crippen molar-refractivity contribution in [1.82, 2.24) is 10.6 Å². The Kier molecular flexibility index (Phi) is 5.97. The van der Waals surface area contributed by atoms with Crippen LogP contribution in [-0.4, -0.2) is 40.2 Å². The number of amides is 1. The van der Waals surface area contributed by atoms with E-state index in [1.54, 1.807) is 25.1 Å². The Morgan fingerprint density at radius 2 is 1.95 bits per heavy atom. The van der Waals surface area contributed by atoms with Crippen molar-refractivity contribution in [3.63, 3.8) is 0 Å². The molecule has 0 unspecified atom stereocenters. The van der Waals surface area contributed by atoms with Crippen LogP contribution in [0.5, 0.6) is 0 Å². The summed E-state index contributed by atoms with van der Waals surface area (Å²) >= 11 is 0. The molecule has 0 heterocycles. The SMILES string of the molecule is CCNCCNC(=O)c1ccc(C)c(NS(C)(=O)=O)c1. The number of carbonyl (C=O) groups excluding carboxylic acids is 1. The van der Waals surface area contributed by atoms with Crippen molar-refractivity contribution in [3.05, 3.63) is 29.3 Å². The lowest BCUT2D eigenvalue weighted by molar-refractivity contribution is 0.0954. The largest absolute Gasteiger partial charge is 0.351 e. The molecule has 0 aliphatic heterocycles. The normalized spacial score (nSPS) is 11.2. The van der Waals surface area contributed by atoms with Crippen molar-refractivity contribution < 1.29 is 13.2 Å². The van der Waals surface area contributed by atoms with Gasteiger partial charge in [-0.3, -0.25) is 9.52 Å². The van der Waals surface area contributed by atoms with Crippen molar-refractivity contribution in [2.24, 2.45) is 0 Å². The lowest BCUT2D eigenvalue weighted by atomic mass is 10.1. The van der Waals surface area contributed by atoms with Crippen LogP contribution in [0.15, 0.2) is 18.2 Å². The second kappa shape index (κ2) is 7.25. The van der Waals surface area contributed by atoms with Crippen LogP contribution in [0.4, 0.5) is 5.69 Å². The molecule has 0 saturated carbocycles. The van der Waals surface area contributed by atoms with Crippen LogP contribution in [-0.2, 0) is 10.0 Å². The van der Waals surface area contributed by atoms with E-state index in [-0.39, 0.29) is 5.91 Å². The average molecular weight is 299 g/mol. The van der Waals surface area contributed by atoms with E-state index in [9.17, 15) is 13.2 Å². The zero-order valence-corrected chi connectivity index (χ0v) is 12.8. The van der Waals surface area contributed by atoms with E-state index in [0.717, 1.165) is 18.4 Å². The summed E-state index contributed by atoms with van der Waals surface area (Å²) in [7, 11) is -3.36. The zero-order chi connectivity index (χ0) is 15.2. The summed E-state index contributed by atoms with van der Waals surface area (Å²) in [5.74, 6) is -0.223. The Labute approximate surface area is 120 Å². The monoisotopic (exact) mass is 299 g/mol. The van der Waals surface area contributed by atoms with Gasteiger partial charge in [0.2, 0.25) is 10.0 Å². The molecule has 0 radical (unpaired) electrons. The molecule has 0 fully saturated rings. The first kappa shape index (κ1) is 16.5. The smallest absolute Gasteiger partial charge is 0.251 e. The first-order valence-electron chi connectivity index (χ1n) is 6.41. The van der Waals surface area contributed by atoms with E-state index in [0.29, 0.717) is 24.3 Å². The van der Waals surface area contributed by atoms with Gasteiger partial charge >= 0.3 is 0 Å². The molecule has 1 aromatic carbocycles. The van der Waals surface area contributed by atoms with Crippen LogP contribution in [0, 0.1) is 6.92 Å². The van der Waals surface area contributed by atoms with E-state index in [1.165, 1.54) is 0 Å². The molecule has 0 aliphatic carbocycles. The van der Waals surface area contributed by atoms with E-state index in [1.807, 2.05) is 6.92 Å². The minimum Gasteiger partial charge on any atom is -0.351 e. The molecule has 1 rings (SSSR count). The fourth-order valence-corrected chi connectivity index (χ4v) is 2.24. The maximum Gasteiger partial charge on any atom is 0.251 e. The lowest BCUT2D eigenvalue weighted by Crippen LogP contribution is -2.31. The van der Waals surface area contributed by atoms with Crippen molar-refractivity contribution in [2.45, 2.75) is 13.8 Å². The highest BCUT2D eigenvalue weighted by molar-refractivity contribution is 7.92. The molecule has 0 aliphatic rings. The Balaban J connectivity index is 2.76. The summed E-state index contributed by atoms with van der Waals surface area (Å²) in [6, 6.07) is 4.93. The fraction of sp³-hybridized carbons (Fsp3) is 0.462. The van der Waals surface area contributed by atoms with Crippen molar-refractivity contribution >= 4 is 21.6 Å². The number of hydrogen-bond acceptors (Lipinski definition) is 4. The number of hydrogen-bond donors (Lipinski definition) is 3. The van der Waals surface area contributed by atoms with Crippen molar-refractivity contribution in [1.29, 1.82) is 0 Å². The second-order valence-electron chi connectivity index (χ2n) is 4.51. The maximum atomic E-state index is 11.9. The van der Waals surface area contributed by atoms with Crippen LogP contribution >= 0.6 is 0 Å². The Morgan fingerprint density at radius 1 is 1.25 bits per heavy atom. The summed E-state index contributed by atoms with van der Waals surface area (Å²) in [5.41, 5.74) is 1.62. The summed E-state index contributed by atoms with van der Waals surface area (Å²) in [4.78, 5) is 11.9. The van der Waals surface area contributed by atoms with Crippen LogP contribution in [0.3, 0.4) is 0 Å². The van der Waals surface area contributed by atoms with Gasteiger partial charge in [0, 0.05) is 18.7 Å². The van der Waals surface area contributed by atoms with Crippen LogP contribution in [0.1, 0.15) is 22.8 Å². The third kappa shape index (κ3) is 5.58. The molecule has 112 valence electrons. The predicted octanol–water partition coefficient (Wildman–Crippen LogP) is 0.706. The first-order chi connectivity index (χ1) is 9.33. The molecule has 0 aromatic heterocycles. The van der Waals surface area contributed by atoms with Crippen molar-refractivity contribution in [2.75, 3.05) is 30.6 Å². The number of benzene rings is 1. The van der Waals surface area contributed by atoms with Gasteiger partial charge < -0.3 is 10.6 Å². The van der Waals surface area contributed by atoms with Gasteiger partial charge in [-0.25, -0.2) is 8.42 Å². The Morgan fingerprint density at radius 3 is 2.55 bits per heavy atom. The molecule has 3 N–H and O–H groups in total. The molecular weight excluding hydrogens is 278 g/mol. The molecule has 1 amide bonds. The highest BCUT2D eigenvalue weighted by Crippen LogP contribution is 2.17. The Bertz CT molecular complexity index is 570. The summed E-state index contributed by atoms with van der Waals surface area (Å²) in [6.07, 6.45) is 1.08. The minimum absolute atomic E-state index is 0.223. The van der Waals surface area contributed by atoms with Crippen LogP contribution in [0.2, 0.25) is 0 Å². The highest BCUT2D eigenvalue weighted by atomic mass is 32.2. The first-order valence-corrected chi connectivity index (χ1v) is 8.30. The van der Waals surface area contributed by atoms with Gasteiger partial charge in [0.25, 0.3) is 5.91 Å². The van der Waals surface area contributed by atoms with E-state index >= 15 is 0 Å². The van der Waals surface area contributed by atoms with Gasteiger partial charge in [-0.1, -0.05) is 13.0 Å². The van der Waals surface area contributed by atoms with Gasteiger partial charge in [0.15, 0.2) is 0 Å². The molecule has 1 aromatic rings. The number of carbonyl (C=O) groups is 1. The van der Waals surface area contributed by atoms with Crippen LogP contribution in [0.25, 0.3) is 0 Å². The summed E-state index contributed by atoms with van der Waals surface area (Å²) in [6.45, 7) is 5.84. The van der Waals surface area contributed by atoms with Crippen LogP contribution < -0.4 is 15.4 Å². The average Bonchev–Trinajstić information content (AvgIpc) is 2.35. The number of rotatable bonds is 7. The molecule has 0 atom stereocenters. The number of anilines is 1. The molecule has 0 bridgehead atoms. The number of aryl methyl sites for hydroxylation is 1. The standard InChI is InChI=1S/C13H21N3O3S/c1-4-14-7-8-15-13(17)11-6-5-10(2)12(9-11)16-20(3,18)19/h5-6,9,14,16H,4,7-8H2,1-3H3,(H,15,17). The van der Waals surface area contributed by atoms with Crippen molar-refractivity contribution in [3.8, 4) is 0 Å². The third-order valence-corrected chi connectivity index (χ3v) is 3.22. The number of nitrogens with one attached hydrogen (secondary N) is 3. The van der Waals surface area contributed by atoms with Gasteiger partial charge in [-0.2, -0.15) is 0 Å². The molecule has 20 heavy (non-hydrogen) atoms. The molecule has 0 saturated heterocycles. The van der Waals surface area contributed by atoms with E-state index in [2.05, 4.69) is 15.4 Å². The van der Waals surface area contributed by atoms with Gasteiger partial charge in [-0.05, 0) is 31.2 Å². The highest BCUT2D eigenvalue weighted by Gasteiger charge is 2.10. The quantitative estimate of drug-likeness (QED) is 0.647. The zero-order valence-electron chi connectivity index (χ0n) is 12.0. The molecule has 6 nitrogen and oxygen atoms in total. The van der Waals surface area contributed by atoms with E-state index < -0.39 is 10.0 Å². The maximum absolute atomic E-state index is 11.9. The molecule has 7 heteroatoms. The van der Waals surface area contributed by atoms with E-state index in [4.69, 9.17) is 0 Å². The third-order valence-electron chi connectivity index (χ3n) is 2.63. The fourth-order valence-electron chi connectivity index (χ4n) is 1.62. The lowest BCUT2D eigenvalue weighted by Gasteiger charge is -2.10. The topological polar surface area (TPSA) is 87.3 Å². The summed E-state index contributed by atoms with van der Waals surface area (Å²) < 4.78 is 24.9. The van der Waals surface area contributed by atoms with Gasteiger partial charge in [-0.15, -0.1) is 0 Å².